The molecule has 194 valence electrons. The van der Waals surface area contributed by atoms with E-state index in [0.717, 1.165) is 67.9 Å². The standard InChI is InChI=1S/C29H25BrIN3O4/c30-21-8-9-24-22(14-21)29(35)34(28(33-24)20-4-2-1-3-5-20)32-15-18-6-10-25(23(31)12-18)36-16-19-7-11-26-27(13-19)38-17-37-26/h6-15,20H,1-5,16-17H2. The van der Waals surface area contributed by atoms with Gasteiger partial charge in [0.1, 0.15) is 18.2 Å². The number of halogens is 2. The Morgan fingerprint density at radius 1 is 1.05 bits per heavy atom. The fourth-order valence-electron chi connectivity index (χ4n) is 4.93. The second-order valence-corrected chi connectivity index (χ2v) is 11.6. The van der Waals surface area contributed by atoms with Crippen molar-refractivity contribution in [1.29, 1.82) is 0 Å². The number of hydrogen-bond acceptors (Lipinski definition) is 6. The number of nitrogens with zero attached hydrogens (tertiary/aromatic N) is 3. The normalized spacial score (nSPS) is 15.4. The van der Waals surface area contributed by atoms with Gasteiger partial charge in [-0.1, -0.05) is 41.3 Å². The van der Waals surface area contributed by atoms with E-state index in [4.69, 9.17) is 19.2 Å². The minimum absolute atomic E-state index is 0.147. The lowest BCUT2D eigenvalue weighted by atomic mass is 9.88. The molecule has 2 aliphatic rings. The lowest BCUT2D eigenvalue weighted by Gasteiger charge is -2.22. The largest absolute Gasteiger partial charge is 0.488 e. The third kappa shape index (κ3) is 5.31. The van der Waals surface area contributed by atoms with E-state index in [1.807, 2.05) is 54.6 Å². The van der Waals surface area contributed by atoms with E-state index in [1.165, 1.54) is 11.1 Å². The van der Waals surface area contributed by atoms with Gasteiger partial charge >= 0.3 is 0 Å². The van der Waals surface area contributed by atoms with Crippen molar-refractivity contribution in [1.82, 2.24) is 9.66 Å². The van der Waals surface area contributed by atoms with Crippen molar-refractivity contribution >= 4 is 55.6 Å². The molecule has 4 aromatic rings. The van der Waals surface area contributed by atoms with Gasteiger partial charge in [-0.3, -0.25) is 4.79 Å². The summed E-state index contributed by atoms with van der Waals surface area (Å²) >= 11 is 5.74. The first-order valence-electron chi connectivity index (χ1n) is 12.6. The van der Waals surface area contributed by atoms with E-state index in [9.17, 15) is 4.79 Å². The molecule has 2 heterocycles. The van der Waals surface area contributed by atoms with Crippen LogP contribution in [0.15, 0.2) is 69.0 Å². The van der Waals surface area contributed by atoms with E-state index < -0.39 is 0 Å². The number of ether oxygens (including phenoxy) is 3. The van der Waals surface area contributed by atoms with E-state index in [1.54, 1.807) is 6.21 Å². The molecule has 1 aliphatic heterocycles. The summed E-state index contributed by atoms with van der Waals surface area (Å²) < 4.78 is 20.2. The summed E-state index contributed by atoms with van der Waals surface area (Å²) in [6, 6.07) is 17.3. The molecule has 1 aliphatic carbocycles. The summed E-state index contributed by atoms with van der Waals surface area (Å²) in [5, 5.41) is 5.21. The van der Waals surface area contributed by atoms with Crippen LogP contribution in [0.4, 0.5) is 0 Å². The topological polar surface area (TPSA) is 74.9 Å². The fraction of sp³-hybridized carbons (Fsp3) is 0.276. The maximum Gasteiger partial charge on any atom is 0.282 e. The average Bonchev–Trinajstić information content (AvgIpc) is 3.41. The smallest absolute Gasteiger partial charge is 0.282 e. The molecule has 0 N–H and O–H groups in total. The number of aromatic nitrogens is 2. The predicted molar refractivity (Wildman–Crippen MR) is 159 cm³/mol. The van der Waals surface area contributed by atoms with Crippen LogP contribution >= 0.6 is 38.5 Å². The Kier molecular flexibility index (Phi) is 7.38. The van der Waals surface area contributed by atoms with E-state index in [2.05, 4.69) is 43.6 Å². The van der Waals surface area contributed by atoms with Crippen LogP contribution in [-0.4, -0.2) is 22.7 Å². The van der Waals surface area contributed by atoms with Crippen LogP contribution in [0.5, 0.6) is 17.2 Å². The molecule has 0 atom stereocenters. The van der Waals surface area contributed by atoms with Crippen molar-refractivity contribution in [3.63, 3.8) is 0 Å². The van der Waals surface area contributed by atoms with Gasteiger partial charge in [0, 0.05) is 10.4 Å². The summed E-state index contributed by atoms with van der Waals surface area (Å²) in [7, 11) is 0. The number of benzene rings is 3. The lowest BCUT2D eigenvalue weighted by Crippen LogP contribution is -2.25. The molecule has 0 amide bonds. The molecule has 6 rings (SSSR count). The molecular formula is C29H25BrIN3O4. The maximum atomic E-state index is 13.5. The monoisotopic (exact) mass is 685 g/mol. The first kappa shape index (κ1) is 25.4. The molecule has 0 bridgehead atoms. The molecule has 0 saturated heterocycles. The van der Waals surface area contributed by atoms with Gasteiger partial charge in [0.15, 0.2) is 11.5 Å². The highest BCUT2D eigenvalue weighted by molar-refractivity contribution is 14.1. The van der Waals surface area contributed by atoms with Crippen LogP contribution in [-0.2, 0) is 6.61 Å². The summed E-state index contributed by atoms with van der Waals surface area (Å²) in [4.78, 5) is 18.4. The minimum atomic E-state index is -0.147. The lowest BCUT2D eigenvalue weighted by molar-refractivity contribution is 0.174. The second-order valence-electron chi connectivity index (χ2n) is 9.49. The third-order valence-electron chi connectivity index (χ3n) is 6.91. The molecule has 3 aromatic carbocycles. The highest BCUT2D eigenvalue weighted by Gasteiger charge is 2.22. The van der Waals surface area contributed by atoms with E-state index in [-0.39, 0.29) is 18.3 Å². The first-order chi connectivity index (χ1) is 18.5. The van der Waals surface area contributed by atoms with Crippen molar-refractivity contribution < 1.29 is 14.2 Å². The predicted octanol–water partition coefficient (Wildman–Crippen LogP) is 7.00. The molecule has 1 saturated carbocycles. The van der Waals surface area contributed by atoms with Crippen molar-refractivity contribution in [2.24, 2.45) is 5.10 Å². The second kappa shape index (κ2) is 11.1. The van der Waals surface area contributed by atoms with Gasteiger partial charge in [0.2, 0.25) is 6.79 Å². The summed E-state index contributed by atoms with van der Waals surface area (Å²) in [5.41, 5.74) is 2.44. The van der Waals surface area contributed by atoms with Crippen LogP contribution in [0.1, 0.15) is 55.0 Å². The maximum absolute atomic E-state index is 13.5. The molecule has 0 spiro atoms. The molecule has 1 aromatic heterocycles. The van der Waals surface area contributed by atoms with Crippen LogP contribution in [0.25, 0.3) is 10.9 Å². The summed E-state index contributed by atoms with van der Waals surface area (Å²) in [6.45, 7) is 0.667. The number of rotatable bonds is 6. The molecule has 9 heteroatoms. The van der Waals surface area contributed by atoms with Crippen LogP contribution in [0.2, 0.25) is 0 Å². The zero-order valence-electron chi connectivity index (χ0n) is 20.5. The summed E-state index contributed by atoms with van der Waals surface area (Å²) in [5.74, 6) is 3.25. The number of hydrogen-bond donors (Lipinski definition) is 0. The highest BCUT2D eigenvalue weighted by atomic mass is 127. The van der Waals surface area contributed by atoms with Gasteiger partial charge in [-0.05, 0) is 95.1 Å². The molecule has 0 unspecified atom stereocenters. The molecule has 7 nitrogen and oxygen atoms in total. The Hall–Kier alpha value is -2.92. The average molecular weight is 686 g/mol. The summed E-state index contributed by atoms with van der Waals surface area (Å²) in [6.07, 6.45) is 7.30. The Morgan fingerprint density at radius 2 is 1.89 bits per heavy atom. The van der Waals surface area contributed by atoms with Gasteiger partial charge in [-0.15, -0.1) is 0 Å². The Balaban J connectivity index is 1.26. The quantitative estimate of drug-likeness (QED) is 0.161. The van der Waals surface area contributed by atoms with Crippen molar-refractivity contribution in [3.8, 4) is 17.2 Å². The Bertz CT molecular complexity index is 1600. The van der Waals surface area contributed by atoms with E-state index in [0.29, 0.717) is 17.5 Å². The van der Waals surface area contributed by atoms with E-state index >= 15 is 0 Å². The number of fused-ring (bicyclic) bond motifs is 2. The zero-order chi connectivity index (χ0) is 26.1. The van der Waals surface area contributed by atoms with Gasteiger partial charge in [0.25, 0.3) is 5.56 Å². The fourth-order valence-corrected chi connectivity index (χ4v) is 5.99. The first-order valence-corrected chi connectivity index (χ1v) is 14.5. The minimum Gasteiger partial charge on any atom is -0.488 e. The molecule has 1 fully saturated rings. The highest BCUT2D eigenvalue weighted by Crippen LogP contribution is 2.34. The third-order valence-corrected chi connectivity index (χ3v) is 8.25. The van der Waals surface area contributed by atoms with Crippen molar-refractivity contribution in [2.75, 3.05) is 6.79 Å². The Morgan fingerprint density at radius 3 is 2.74 bits per heavy atom. The van der Waals surface area contributed by atoms with Gasteiger partial charge in [-0.2, -0.15) is 9.78 Å². The molecule has 38 heavy (non-hydrogen) atoms. The zero-order valence-corrected chi connectivity index (χ0v) is 24.3. The van der Waals surface area contributed by atoms with Crippen LogP contribution in [0, 0.1) is 3.57 Å². The van der Waals surface area contributed by atoms with Crippen molar-refractivity contribution in [3.05, 3.63) is 89.9 Å². The van der Waals surface area contributed by atoms with Gasteiger partial charge in [0.05, 0.1) is 20.7 Å². The SMILES string of the molecule is O=c1c2cc(Br)ccc2nc(C2CCCCC2)n1N=Cc1ccc(OCc2ccc3c(c2)OCO3)c(I)c1. The molecule has 0 radical (unpaired) electrons. The van der Waals surface area contributed by atoms with Gasteiger partial charge < -0.3 is 14.2 Å². The van der Waals surface area contributed by atoms with Crippen molar-refractivity contribution in [2.45, 2.75) is 44.6 Å². The Labute approximate surface area is 242 Å². The van der Waals surface area contributed by atoms with Gasteiger partial charge in [-0.25, -0.2) is 4.98 Å². The van der Waals surface area contributed by atoms with Crippen LogP contribution in [0.3, 0.4) is 0 Å². The van der Waals surface area contributed by atoms with Crippen LogP contribution < -0.4 is 19.8 Å². The molecular weight excluding hydrogens is 661 g/mol.